The molecule has 1 N–H and O–H groups in total. The summed E-state index contributed by atoms with van der Waals surface area (Å²) in [5, 5.41) is 1.91. The molecular formula is C11H14F3N3. The topological polar surface area (TPSA) is 28.2 Å². The van der Waals surface area contributed by atoms with E-state index in [-0.39, 0.29) is 5.82 Å². The molecule has 1 saturated heterocycles. The predicted octanol–water partition coefficient (Wildman–Crippen LogP) is 2.91. The summed E-state index contributed by atoms with van der Waals surface area (Å²) in [7, 11) is 0. The molecule has 1 aliphatic heterocycles. The lowest BCUT2D eigenvalue weighted by Gasteiger charge is -2.27. The van der Waals surface area contributed by atoms with Crippen LogP contribution in [-0.4, -0.2) is 23.1 Å². The van der Waals surface area contributed by atoms with E-state index in [0.29, 0.717) is 0 Å². The first-order valence-corrected chi connectivity index (χ1v) is 5.60. The van der Waals surface area contributed by atoms with Crippen LogP contribution in [0.3, 0.4) is 0 Å². The van der Waals surface area contributed by atoms with Crippen molar-refractivity contribution >= 4 is 5.82 Å². The summed E-state index contributed by atoms with van der Waals surface area (Å²) in [6.07, 6.45) is 0.155. The van der Waals surface area contributed by atoms with Crippen molar-refractivity contribution in [3.05, 3.63) is 23.9 Å². The summed E-state index contributed by atoms with van der Waals surface area (Å²) in [5.74, 6) is 0.252. The molecule has 2 rings (SSSR count). The average molecular weight is 245 g/mol. The number of halogens is 3. The largest absolute Gasteiger partial charge is 0.416 e. The number of hydrazine groups is 1. The Morgan fingerprint density at radius 1 is 1.18 bits per heavy atom. The zero-order valence-electron chi connectivity index (χ0n) is 9.30. The first-order valence-electron chi connectivity index (χ1n) is 5.60. The van der Waals surface area contributed by atoms with Crippen LogP contribution in [0.4, 0.5) is 19.0 Å². The monoisotopic (exact) mass is 245 g/mol. The van der Waals surface area contributed by atoms with Gasteiger partial charge in [-0.3, -0.25) is 0 Å². The first kappa shape index (κ1) is 12.2. The SMILES string of the molecule is FC(F)(F)c1ccnc(NN2CCCCC2)c1. The standard InChI is InChI=1S/C11H14F3N3/c12-11(13,14)9-4-5-15-10(8-9)16-17-6-2-1-3-7-17/h4-5,8H,1-3,6-7H2,(H,15,16). The summed E-state index contributed by atoms with van der Waals surface area (Å²) in [6, 6.07) is 2.01. The fraction of sp³-hybridized carbons (Fsp3) is 0.545. The molecule has 94 valence electrons. The van der Waals surface area contributed by atoms with Crippen LogP contribution in [0.25, 0.3) is 0 Å². The number of pyridine rings is 1. The van der Waals surface area contributed by atoms with Crippen LogP contribution in [0.5, 0.6) is 0 Å². The van der Waals surface area contributed by atoms with Crippen LogP contribution in [0.1, 0.15) is 24.8 Å². The van der Waals surface area contributed by atoms with Gasteiger partial charge in [0.25, 0.3) is 0 Å². The van der Waals surface area contributed by atoms with Gasteiger partial charge in [-0.15, -0.1) is 0 Å². The van der Waals surface area contributed by atoms with Gasteiger partial charge in [-0.2, -0.15) is 13.2 Å². The van der Waals surface area contributed by atoms with Gasteiger partial charge in [0.05, 0.1) is 5.56 Å². The molecule has 1 aromatic heterocycles. The van der Waals surface area contributed by atoms with Gasteiger partial charge in [0.1, 0.15) is 5.82 Å². The number of anilines is 1. The Balaban J connectivity index is 2.05. The molecule has 0 radical (unpaired) electrons. The Morgan fingerprint density at radius 2 is 1.88 bits per heavy atom. The second kappa shape index (κ2) is 4.91. The molecule has 0 amide bonds. The number of rotatable bonds is 2. The highest BCUT2D eigenvalue weighted by atomic mass is 19.4. The summed E-state index contributed by atoms with van der Waals surface area (Å²) in [6.45, 7) is 1.69. The van der Waals surface area contributed by atoms with Gasteiger partial charge in [-0.05, 0) is 25.0 Å². The molecule has 0 unspecified atom stereocenters. The molecule has 0 saturated carbocycles. The van der Waals surface area contributed by atoms with Crippen molar-refractivity contribution in [2.24, 2.45) is 0 Å². The first-order chi connectivity index (χ1) is 8.05. The van der Waals surface area contributed by atoms with Crippen LogP contribution in [0.15, 0.2) is 18.3 Å². The second-order valence-electron chi connectivity index (χ2n) is 4.09. The van der Waals surface area contributed by atoms with Gasteiger partial charge in [0.15, 0.2) is 0 Å². The van der Waals surface area contributed by atoms with E-state index in [1.165, 1.54) is 12.6 Å². The Labute approximate surface area is 97.6 Å². The highest BCUT2D eigenvalue weighted by Gasteiger charge is 2.30. The number of nitrogens with zero attached hydrogens (tertiary/aromatic N) is 2. The third kappa shape index (κ3) is 3.33. The summed E-state index contributed by atoms with van der Waals surface area (Å²) in [5.41, 5.74) is 2.24. The lowest BCUT2D eigenvalue weighted by Crippen LogP contribution is -2.35. The number of hydrogen-bond donors (Lipinski definition) is 1. The molecule has 2 heterocycles. The lowest BCUT2D eigenvalue weighted by molar-refractivity contribution is -0.137. The maximum atomic E-state index is 12.5. The van der Waals surface area contributed by atoms with Crippen molar-refractivity contribution < 1.29 is 13.2 Å². The molecule has 0 atom stereocenters. The fourth-order valence-electron chi connectivity index (χ4n) is 1.84. The van der Waals surface area contributed by atoms with Gasteiger partial charge in [-0.1, -0.05) is 6.42 Å². The van der Waals surface area contributed by atoms with E-state index in [1.807, 2.05) is 5.01 Å². The molecule has 1 aromatic rings. The van der Waals surface area contributed by atoms with E-state index >= 15 is 0 Å². The van der Waals surface area contributed by atoms with Crippen molar-refractivity contribution in [2.75, 3.05) is 18.5 Å². The molecule has 3 nitrogen and oxygen atoms in total. The minimum atomic E-state index is -4.32. The minimum absolute atomic E-state index is 0.252. The summed E-state index contributed by atoms with van der Waals surface area (Å²) >= 11 is 0. The van der Waals surface area contributed by atoms with E-state index in [9.17, 15) is 13.2 Å². The van der Waals surface area contributed by atoms with Gasteiger partial charge < -0.3 is 5.43 Å². The van der Waals surface area contributed by atoms with E-state index in [1.54, 1.807) is 0 Å². The maximum Gasteiger partial charge on any atom is 0.416 e. The van der Waals surface area contributed by atoms with Crippen LogP contribution < -0.4 is 5.43 Å². The van der Waals surface area contributed by atoms with Crippen molar-refractivity contribution in [3.63, 3.8) is 0 Å². The molecule has 0 aromatic carbocycles. The maximum absolute atomic E-state index is 12.5. The van der Waals surface area contributed by atoms with Gasteiger partial charge in [0.2, 0.25) is 0 Å². The smallest absolute Gasteiger partial charge is 0.303 e. The van der Waals surface area contributed by atoms with Gasteiger partial charge in [-0.25, -0.2) is 9.99 Å². The van der Waals surface area contributed by atoms with Crippen LogP contribution >= 0.6 is 0 Å². The third-order valence-electron chi connectivity index (χ3n) is 2.72. The molecule has 17 heavy (non-hydrogen) atoms. The molecular weight excluding hydrogens is 231 g/mol. The molecule has 0 aliphatic carbocycles. The Morgan fingerprint density at radius 3 is 2.53 bits per heavy atom. The van der Waals surface area contributed by atoms with Crippen LogP contribution in [-0.2, 0) is 6.18 Å². The second-order valence-corrected chi connectivity index (χ2v) is 4.09. The minimum Gasteiger partial charge on any atom is -0.303 e. The zero-order valence-corrected chi connectivity index (χ0v) is 9.30. The highest BCUT2D eigenvalue weighted by Crippen LogP contribution is 2.30. The lowest BCUT2D eigenvalue weighted by atomic mass is 10.2. The average Bonchev–Trinajstić information content (AvgIpc) is 2.29. The Bertz CT molecular complexity index is 372. The van der Waals surface area contributed by atoms with Crippen molar-refractivity contribution in [1.82, 2.24) is 9.99 Å². The van der Waals surface area contributed by atoms with Crippen molar-refractivity contribution in [2.45, 2.75) is 25.4 Å². The fourth-order valence-corrected chi connectivity index (χ4v) is 1.84. The molecule has 0 bridgehead atoms. The summed E-state index contributed by atoms with van der Waals surface area (Å²) in [4.78, 5) is 3.89. The van der Waals surface area contributed by atoms with Crippen molar-refractivity contribution in [1.29, 1.82) is 0 Å². The highest BCUT2D eigenvalue weighted by molar-refractivity contribution is 5.37. The summed E-state index contributed by atoms with van der Waals surface area (Å²) < 4.78 is 37.4. The Kier molecular flexibility index (Phi) is 3.51. The number of alkyl halides is 3. The van der Waals surface area contributed by atoms with Crippen LogP contribution in [0, 0.1) is 0 Å². The predicted molar refractivity (Wildman–Crippen MR) is 58.3 cm³/mol. The molecule has 1 aliphatic rings. The van der Waals surface area contributed by atoms with E-state index in [2.05, 4.69) is 10.4 Å². The number of hydrogen-bond acceptors (Lipinski definition) is 3. The van der Waals surface area contributed by atoms with E-state index < -0.39 is 11.7 Å². The zero-order chi connectivity index (χ0) is 12.3. The molecule has 6 heteroatoms. The number of aromatic nitrogens is 1. The van der Waals surface area contributed by atoms with Gasteiger partial charge in [0, 0.05) is 19.3 Å². The molecule has 1 fully saturated rings. The number of piperidine rings is 1. The quantitative estimate of drug-likeness (QED) is 0.868. The van der Waals surface area contributed by atoms with E-state index in [4.69, 9.17) is 0 Å². The molecule has 0 spiro atoms. The normalized spacial score (nSPS) is 18.1. The third-order valence-corrected chi connectivity index (χ3v) is 2.72. The van der Waals surface area contributed by atoms with Crippen LogP contribution in [0.2, 0.25) is 0 Å². The van der Waals surface area contributed by atoms with Crippen molar-refractivity contribution in [3.8, 4) is 0 Å². The van der Waals surface area contributed by atoms with E-state index in [0.717, 1.165) is 38.1 Å². The van der Waals surface area contributed by atoms with Gasteiger partial charge >= 0.3 is 6.18 Å². The number of nitrogens with one attached hydrogen (secondary N) is 1. The Hall–Kier alpha value is -1.30.